The van der Waals surface area contributed by atoms with Crippen LogP contribution in [0.25, 0.3) is 0 Å². The molecule has 0 rings (SSSR count). The van der Waals surface area contributed by atoms with Gasteiger partial charge in [0.05, 0.1) is 0 Å². The largest absolute Gasteiger partial charge is 0.264 e. The molecule has 0 aliphatic heterocycles. The molecule has 0 radical (unpaired) electrons. The van der Waals surface area contributed by atoms with E-state index in [0.29, 0.717) is 6.42 Å². The minimum atomic E-state index is -3.96. The Labute approximate surface area is 58.4 Å². The molecule has 0 aliphatic rings. The zero-order valence-electron chi connectivity index (χ0n) is 4.97. The van der Waals surface area contributed by atoms with Crippen LogP contribution in [-0.4, -0.2) is 13.9 Å². The number of alkyl halides is 1. The Morgan fingerprint density at radius 3 is 2.22 bits per heavy atom. The molecule has 0 saturated heterocycles. The van der Waals surface area contributed by atoms with Crippen molar-refractivity contribution in [3.05, 3.63) is 0 Å². The third-order valence-electron chi connectivity index (χ3n) is 0.821. The highest BCUT2D eigenvalue weighted by Crippen LogP contribution is 2.13. The fraction of sp³-hybridized carbons (Fsp3) is 1.00. The zero-order valence-corrected chi connectivity index (χ0v) is 6.54. The second-order valence-electron chi connectivity index (χ2n) is 1.67. The summed E-state index contributed by atoms with van der Waals surface area (Å²) in [5.74, 6) is 0. The monoisotopic (exact) mass is 174 g/mol. The Hall–Kier alpha value is 0.170. The normalized spacial score (nSPS) is 15.4. The Morgan fingerprint density at radius 1 is 1.67 bits per heavy atom. The lowest BCUT2D eigenvalue weighted by Gasteiger charge is -1.98. The Balaban J connectivity index is 3.90. The van der Waals surface area contributed by atoms with E-state index in [0.717, 1.165) is 0 Å². The van der Waals surface area contributed by atoms with Crippen molar-refractivity contribution in [3.8, 4) is 0 Å². The van der Waals surface area contributed by atoms with E-state index in [4.69, 9.17) is 0 Å². The summed E-state index contributed by atoms with van der Waals surface area (Å²) in [6.45, 7) is 1.69. The minimum Gasteiger partial charge on any atom is -0.229 e. The summed E-state index contributed by atoms with van der Waals surface area (Å²) in [4.78, 5) is 0. The molecule has 0 spiro atoms. The summed E-state index contributed by atoms with van der Waals surface area (Å²) < 4.78 is 32.4. The molecule has 0 aromatic carbocycles. The van der Waals surface area contributed by atoms with Gasteiger partial charge in [-0.05, 0) is 6.42 Å². The molecule has 56 valence electrons. The van der Waals surface area contributed by atoms with Crippen molar-refractivity contribution in [2.24, 2.45) is 0 Å². The number of hydrogen-bond acceptors (Lipinski definition) is 2. The van der Waals surface area contributed by atoms with Crippen LogP contribution in [0.1, 0.15) is 19.8 Å². The molecule has 0 amide bonds. The quantitative estimate of drug-likeness (QED) is 0.610. The molecule has 0 aliphatic carbocycles. The van der Waals surface area contributed by atoms with Crippen LogP contribution in [-0.2, 0) is 9.05 Å². The first-order valence-corrected chi connectivity index (χ1v) is 4.93. The topological polar surface area (TPSA) is 34.1 Å². The smallest absolute Gasteiger partial charge is 0.229 e. The van der Waals surface area contributed by atoms with Gasteiger partial charge in [-0.1, -0.05) is 13.3 Å². The number of halogens is 2. The summed E-state index contributed by atoms with van der Waals surface area (Å²) in [7, 11) is 0.700. The summed E-state index contributed by atoms with van der Waals surface area (Å²) in [6.07, 6.45) is 0.457. The van der Waals surface area contributed by atoms with Crippen LogP contribution in [0.3, 0.4) is 0 Å². The third-order valence-corrected chi connectivity index (χ3v) is 2.25. The molecule has 9 heavy (non-hydrogen) atoms. The lowest BCUT2D eigenvalue weighted by molar-refractivity contribution is 0.402. The lowest BCUT2D eigenvalue weighted by atomic mass is 10.4. The standard InChI is InChI=1S/C4H8ClFO2S/c1-2-3-4(6)9(5,7)8/h4H,2-3H2,1H3. The molecule has 0 fully saturated rings. The van der Waals surface area contributed by atoms with Crippen LogP contribution in [0.4, 0.5) is 4.39 Å². The van der Waals surface area contributed by atoms with Gasteiger partial charge in [-0.15, -0.1) is 0 Å². The average Bonchev–Trinajstić information content (AvgIpc) is 1.64. The number of hydrogen-bond donors (Lipinski definition) is 0. The first-order chi connectivity index (χ1) is 3.98. The zero-order chi connectivity index (χ0) is 7.49. The van der Waals surface area contributed by atoms with E-state index in [2.05, 4.69) is 10.7 Å². The van der Waals surface area contributed by atoms with Crippen molar-refractivity contribution in [3.63, 3.8) is 0 Å². The van der Waals surface area contributed by atoms with Crippen molar-refractivity contribution >= 4 is 19.7 Å². The maximum atomic E-state index is 12.2. The predicted octanol–water partition coefficient (Wildman–Crippen LogP) is 1.65. The van der Waals surface area contributed by atoms with Gasteiger partial charge in [0, 0.05) is 10.7 Å². The summed E-state index contributed by atoms with van der Waals surface area (Å²) in [5.41, 5.74) is -1.90. The van der Waals surface area contributed by atoms with E-state index in [1.165, 1.54) is 0 Å². The van der Waals surface area contributed by atoms with Crippen LogP contribution >= 0.6 is 10.7 Å². The van der Waals surface area contributed by atoms with Crippen LogP contribution in [0.5, 0.6) is 0 Å². The lowest BCUT2D eigenvalue weighted by Crippen LogP contribution is -2.08. The fourth-order valence-electron chi connectivity index (χ4n) is 0.368. The Morgan fingerprint density at radius 2 is 2.11 bits per heavy atom. The van der Waals surface area contributed by atoms with Gasteiger partial charge in [-0.3, -0.25) is 0 Å². The molecule has 0 aromatic rings. The van der Waals surface area contributed by atoms with E-state index in [-0.39, 0.29) is 6.42 Å². The highest BCUT2D eigenvalue weighted by molar-refractivity contribution is 8.14. The molecule has 0 N–H and O–H groups in total. The van der Waals surface area contributed by atoms with E-state index < -0.39 is 14.6 Å². The van der Waals surface area contributed by atoms with Gasteiger partial charge in [0.2, 0.25) is 5.50 Å². The molecule has 1 atom stereocenters. The maximum Gasteiger partial charge on any atom is 0.264 e. The van der Waals surface area contributed by atoms with Crippen molar-refractivity contribution in [1.29, 1.82) is 0 Å². The maximum absolute atomic E-state index is 12.2. The summed E-state index contributed by atoms with van der Waals surface area (Å²) in [6, 6.07) is 0. The molecular weight excluding hydrogens is 167 g/mol. The van der Waals surface area contributed by atoms with E-state index in [9.17, 15) is 12.8 Å². The van der Waals surface area contributed by atoms with Crippen LogP contribution in [0.2, 0.25) is 0 Å². The molecular formula is C4H8ClFO2S. The van der Waals surface area contributed by atoms with Crippen LogP contribution in [0.15, 0.2) is 0 Å². The van der Waals surface area contributed by atoms with Gasteiger partial charge >= 0.3 is 0 Å². The molecule has 0 saturated carbocycles. The van der Waals surface area contributed by atoms with E-state index >= 15 is 0 Å². The molecule has 1 unspecified atom stereocenters. The van der Waals surface area contributed by atoms with E-state index in [1.807, 2.05) is 0 Å². The predicted molar refractivity (Wildman–Crippen MR) is 34.6 cm³/mol. The first kappa shape index (κ1) is 9.17. The van der Waals surface area contributed by atoms with Gasteiger partial charge in [-0.2, -0.15) is 0 Å². The van der Waals surface area contributed by atoms with Crippen molar-refractivity contribution < 1.29 is 12.8 Å². The summed E-state index contributed by atoms with van der Waals surface area (Å²) in [5, 5.41) is 0. The van der Waals surface area contributed by atoms with Crippen LogP contribution < -0.4 is 0 Å². The molecule has 0 heterocycles. The van der Waals surface area contributed by atoms with Gasteiger partial charge < -0.3 is 0 Å². The highest BCUT2D eigenvalue weighted by atomic mass is 35.7. The van der Waals surface area contributed by atoms with Crippen molar-refractivity contribution in [2.45, 2.75) is 25.3 Å². The second-order valence-corrected chi connectivity index (χ2v) is 4.43. The van der Waals surface area contributed by atoms with Gasteiger partial charge in [0.25, 0.3) is 9.05 Å². The fourth-order valence-corrected chi connectivity index (χ4v) is 1.15. The van der Waals surface area contributed by atoms with Crippen molar-refractivity contribution in [2.75, 3.05) is 0 Å². The third kappa shape index (κ3) is 3.70. The van der Waals surface area contributed by atoms with Gasteiger partial charge in [-0.25, -0.2) is 12.8 Å². The van der Waals surface area contributed by atoms with E-state index in [1.54, 1.807) is 6.92 Å². The highest BCUT2D eigenvalue weighted by Gasteiger charge is 2.19. The van der Waals surface area contributed by atoms with Crippen molar-refractivity contribution in [1.82, 2.24) is 0 Å². The molecule has 0 aromatic heterocycles. The van der Waals surface area contributed by atoms with Crippen LogP contribution in [0, 0.1) is 0 Å². The summed E-state index contributed by atoms with van der Waals surface area (Å²) >= 11 is 0. The second kappa shape index (κ2) is 3.37. The molecule has 5 heteroatoms. The van der Waals surface area contributed by atoms with Gasteiger partial charge in [0.15, 0.2) is 0 Å². The number of rotatable bonds is 3. The van der Waals surface area contributed by atoms with Gasteiger partial charge in [0.1, 0.15) is 0 Å². The minimum absolute atomic E-state index is 0.0220. The Bertz CT molecular complexity index is 165. The molecule has 2 nitrogen and oxygen atoms in total. The first-order valence-electron chi connectivity index (χ1n) is 2.56. The molecule has 0 bridgehead atoms. The Kier molecular flexibility index (Phi) is 3.43. The SMILES string of the molecule is CCCC(F)S(=O)(=O)Cl. The average molecular weight is 175 g/mol.